The molecule has 4 heteroatoms. The zero-order valence-electron chi connectivity index (χ0n) is 10.1. The number of rotatable bonds is 2. The molecule has 0 saturated heterocycles. The van der Waals surface area contributed by atoms with Crippen molar-refractivity contribution in [3.05, 3.63) is 22.8 Å². The van der Waals surface area contributed by atoms with Gasteiger partial charge in [0.2, 0.25) is 5.88 Å². The Hall–Kier alpha value is -1.09. The van der Waals surface area contributed by atoms with Gasteiger partial charge in [0.05, 0.1) is 12.5 Å². The van der Waals surface area contributed by atoms with Crippen molar-refractivity contribution in [1.82, 2.24) is 4.98 Å². The number of hydrogen-bond acceptors (Lipinski definition) is 3. The van der Waals surface area contributed by atoms with E-state index in [4.69, 9.17) is 16.3 Å². The molecule has 92 valence electrons. The van der Waals surface area contributed by atoms with E-state index in [9.17, 15) is 4.79 Å². The molecular formula is C13H16ClNO2. The summed E-state index contributed by atoms with van der Waals surface area (Å²) in [6.07, 6.45) is 3.54. The molecule has 1 heterocycles. The van der Waals surface area contributed by atoms with Crippen LogP contribution in [0.3, 0.4) is 0 Å². The summed E-state index contributed by atoms with van der Waals surface area (Å²) in [6, 6.07) is 3.57. The van der Waals surface area contributed by atoms with E-state index in [1.165, 1.54) is 0 Å². The molecule has 0 amide bonds. The van der Waals surface area contributed by atoms with Crippen LogP contribution in [-0.4, -0.2) is 17.9 Å². The van der Waals surface area contributed by atoms with Crippen molar-refractivity contribution < 1.29 is 9.53 Å². The average molecular weight is 254 g/mol. The highest BCUT2D eigenvalue weighted by atomic mass is 35.5. The van der Waals surface area contributed by atoms with Crippen LogP contribution in [0.25, 0.3) is 0 Å². The van der Waals surface area contributed by atoms with Crippen LogP contribution < -0.4 is 4.74 Å². The Labute approximate surface area is 106 Å². The van der Waals surface area contributed by atoms with Gasteiger partial charge in [-0.05, 0) is 31.9 Å². The Bertz CT molecular complexity index is 447. The lowest BCUT2D eigenvalue weighted by atomic mass is 9.70. The molecule has 1 fully saturated rings. The molecule has 0 aromatic carbocycles. The van der Waals surface area contributed by atoms with E-state index in [1.807, 2.05) is 13.0 Å². The summed E-state index contributed by atoms with van der Waals surface area (Å²) in [5, 5.41) is 0.387. The number of Topliss-reactive ketones (excluding diaryl/α,β-unsaturated/α-hetero) is 1. The van der Waals surface area contributed by atoms with Crippen LogP contribution in [-0.2, 0) is 10.2 Å². The van der Waals surface area contributed by atoms with Gasteiger partial charge in [-0.15, -0.1) is 0 Å². The number of methoxy groups -OCH3 is 1. The third-order valence-corrected chi connectivity index (χ3v) is 3.77. The van der Waals surface area contributed by atoms with Gasteiger partial charge in [-0.2, -0.15) is 0 Å². The summed E-state index contributed by atoms with van der Waals surface area (Å²) in [7, 11) is 1.55. The van der Waals surface area contributed by atoms with Crippen molar-refractivity contribution in [1.29, 1.82) is 0 Å². The first kappa shape index (κ1) is 12.4. The molecule has 17 heavy (non-hydrogen) atoms. The number of pyridine rings is 1. The molecule has 0 aliphatic heterocycles. The van der Waals surface area contributed by atoms with E-state index >= 15 is 0 Å². The van der Waals surface area contributed by atoms with Crippen LogP contribution in [0.15, 0.2) is 12.1 Å². The van der Waals surface area contributed by atoms with Crippen molar-refractivity contribution >= 4 is 17.4 Å². The molecule has 0 unspecified atom stereocenters. The smallest absolute Gasteiger partial charge is 0.218 e. The SMILES string of the molecule is COc1nc(Cl)ccc1[C@@]1(C)CCCCC1=O. The van der Waals surface area contributed by atoms with Gasteiger partial charge in [0, 0.05) is 12.0 Å². The minimum atomic E-state index is -0.471. The second-order valence-corrected chi connectivity index (χ2v) is 5.04. The number of ether oxygens (including phenoxy) is 1. The summed E-state index contributed by atoms with van der Waals surface area (Å²) in [5.41, 5.74) is 0.385. The third-order valence-electron chi connectivity index (χ3n) is 3.56. The second-order valence-electron chi connectivity index (χ2n) is 4.65. The third kappa shape index (κ3) is 2.16. The number of nitrogens with zero attached hydrogens (tertiary/aromatic N) is 1. The summed E-state index contributed by atoms with van der Waals surface area (Å²) < 4.78 is 5.25. The van der Waals surface area contributed by atoms with Crippen LogP contribution in [0.5, 0.6) is 5.88 Å². The lowest BCUT2D eigenvalue weighted by molar-refractivity contribution is -0.126. The quantitative estimate of drug-likeness (QED) is 0.760. The molecule has 3 nitrogen and oxygen atoms in total. The predicted molar refractivity (Wildman–Crippen MR) is 66.6 cm³/mol. The maximum Gasteiger partial charge on any atom is 0.218 e. The standard InChI is InChI=1S/C13H16ClNO2/c1-13(8-4-3-5-10(13)16)9-6-7-11(14)15-12(9)17-2/h6-7H,3-5,8H2,1-2H3/t13-/m1/s1. The first-order chi connectivity index (χ1) is 8.08. The van der Waals surface area contributed by atoms with Crippen LogP contribution in [0, 0.1) is 0 Å². The summed E-state index contributed by atoms with van der Waals surface area (Å²) in [5.74, 6) is 0.737. The van der Waals surface area contributed by atoms with E-state index in [1.54, 1.807) is 13.2 Å². The van der Waals surface area contributed by atoms with Crippen molar-refractivity contribution in [2.45, 2.75) is 38.0 Å². The molecular weight excluding hydrogens is 238 g/mol. The molecule has 0 N–H and O–H groups in total. The van der Waals surface area contributed by atoms with Crippen LogP contribution in [0.2, 0.25) is 5.15 Å². The van der Waals surface area contributed by atoms with E-state index < -0.39 is 5.41 Å². The van der Waals surface area contributed by atoms with Crippen molar-refractivity contribution in [2.24, 2.45) is 0 Å². The molecule has 1 aliphatic rings. The molecule has 1 saturated carbocycles. The Kier molecular flexibility index (Phi) is 3.38. The number of halogens is 1. The molecule has 0 bridgehead atoms. The molecule has 1 aromatic rings. The van der Waals surface area contributed by atoms with Gasteiger partial charge in [-0.25, -0.2) is 4.98 Å². The first-order valence-corrected chi connectivity index (χ1v) is 6.20. The van der Waals surface area contributed by atoms with E-state index in [-0.39, 0.29) is 5.78 Å². The number of hydrogen-bond donors (Lipinski definition) is 0. The van der Waals surface area contributed by atoms with Crippen LogP contribution in [0.4, 0.5) is 0 Å². The summed E-state index contributed by atoms with van der Waals surface area (Å²) in [6.45, 7) is 1.97. The predicted octanol–water partition coefficient (Wildman–Crippen LogP) is 3.14. The number of carbonyl (C=O) groups is 1. The second kappa shape index (κ2) is 4.65. The number of ketones is 1. The summed E-state index contributed by atoms with van der Waals surface area (Å²) >= 11 is 5.84. The van der Waals surface area contributed by atoms with Crippen molar-refractivity contribution in [3.63, 3.8) is 0 Å². The topological polar surface area (TPSA) is 39.2 Å². The van der Waals surface area contributed by atoms with Gasteiger partial charge < -0.3 is 4.74 Å². The minimum Gasteiger partial charge on any atom is -0.481 e. The van der Waals surface area contributed by atoms with E-state index in [0.29, 0.717) is 17.5 Å². The van der Waals surface area contributed by atoms with Crippen LogP contribution >= 0.6 is 11.6 Å². The Morgan fingerprint density at radius 1 is 1.41 bits per heavy atom. The minimum absolute atomic E-state index is 0.270. The van der Waals surface area contributed by atoms with Crippen molar-refractivity contribution in [3.8, 4) is 5.88 Å². The maximum absolute atomic E-state index is 12.2. The van der Waals surface area contributed by atoms with Gasteiger partial charge in [-0.1, -0.05) is 18.0 Å². The zero-order valence-corrected chi connectivity index (χ0v) is 10.9. The monoisotopic (exact) mass is 253 g/mol. The highest BCUT2D eigenvalue weighted by molar-refractivity contribution is 6.29. The lowest BCUT2D eigenvalue weighted by Gasteiger charge is -2.32. The van der Waals surface area contributed by atoms with Gasteiger partial charge in [0.15, 0.2) is 0 Å². The number of carbonyl (C=O) groups excluding carboxylic acids is 1. The molecule has 2 rings (SSSR count). The van der Waals surface area contributed by atoms with Gasteiger partial charge >= 0.3 is 0 Å². The fourth-order valence-corrected chi connectivity index (χ4v) is 2.60. The zero-order chi connectivity index (χ0) is 12.5. The largest absolute Gasteiger partial charge is 0.481 e. The molecule has 1 atom stereocenters. The average Bonchev–Trinajstić information content (AvgIpc) is 2.32. The van der Waals surface area contributed by atoms with E-state index in [0.717, 1.165) is 24.8 Å². The Morgan fingerprint density at radius 3 is 2.82 bits per heavy atom. The van der Waals surface area contributed by atoms with Gasteiger partial charge in [-0.3, -0.25) is 4.79 Å². The lowest BCUT2D eigenvalue weighted by Crippen LogP contribution is -2.36. The van der Waals surface area contributed by atoms with Crippen molar-refractivity contribution in [2.75, 3.05) is 7.11 Å². The highest BCUT2D eigenvalue weighted by Crippen LogP contribution is 2.40. The fourth-order valence-electron chi connectivity index (χ4n) is 2.46. The Balaban J connectivity index is 2.47. The maximum atomic E-state index is 12.2. The molecule has 0 spiro atoms. The normalized spacial score (nSPS) is 24.8. The van der Waals surface area contributed by atoms with Gasteiger partial charge in [0.1, 0.15) is 10.9 Å². The molecule has 0 radical (unpaired) electrons. The molecule has 1 aromatic heterocycles. The van der Waals surface area contributed by atoms with Crippen LogP contribution in [0.1, 0.15) is 38.2 Å². The van der Waals surface area contributed by atoms with E-state index in [2.05, 4.69) is 4.98 Å². The first-order valence-electron chi connectivity index (χ1n) is 5.82. The highest BCUT2D eigenvalue weighted by Gasteiger charge is 2.39. The fraction of sp³-hybridized carbons (Fsp3) is 0.538. The molecule has 1 aliphatic carbocycles. The Morgan fingerprint density at radius 2 is 2.18 bits per heavy atom. The van der Waals surface area contributed by atoms with Gasteiger partial charge in [0.25, 0.3) is 0 Å². The summed E-state index contributed by atoms with van der Waals surface area (Å²) in [4.78, 5) is 16.3. The number of aromatic nitrogens is 1.